The van der Waals surface area contributed by atoms with E-state index in [9.17, 15) is 0 Å². The predicted molar refractivity (Wildman–Crippen MR) is 77.8 cm³/mol. The highest BCUT2D eigenvalue weighted by molar-refractivity contribution is 5.14. The van der Waals surface area contributed by atoms with Gasteiger partial charge < -0.3 is 16.2 Å². The van der Waals surface area contributed by atoms with E-state index < -0.39 is 0 Å². The summed E-state index contributed by atoms with van der Waals surface area (Å²) in [5.74, 6) is 0. The van der Waals surface area contributed by atoms with E-state index in [1.807, 2.05) is 0 Å². The molecule has 1 heterocycles. The minimum absolute atomic E-state index is 0.0237. The number of rotatable bonds is 6. The Hall–Kier alpha value is -0.940. The summed E-state index contributed by atoms with van der Waals surface area (Å²) in [4.78, 5) is 2.48. The molecule has 4 heteroatoms. The van der Waals surface area contributed by atoms with Crippen LogP contribution in [0, 0.1) is 0 Å². The van der Waals surface area contributed by atoms with Gasteiger partial charge >= 0.3 is 0 Å². The average molecular weight is 263 g/mol. The van der Waals surface area contributed by atoms with Gasteiger partial charge in [-0.15, -0.1) is 0 Å². The molecule has 4 N–H and O–H groups in total. The molecule has 106 valence electrons. The number of nitrogens with zero attached hydrogens (tertiary/aromatic N) is 1. The van der Waals surface area contributed by atoms with Gasteiger partial charge in [0, 0.05) is 38.3 Å². The fraction of sp³-hybridized carbons (Fsp3) is 0.600. The first-order valence-corrected chi connectivity index (χ1v) is 7.10. The largest absolute Gasteiger partial charge is 0.395 e. The molecule has 1 saturated heterocycles. The summed E-state index contributed by atoms with van der Waals surface area (Å²) < 4.78 is 0. The minimum Gasteiger partial charge on any atom is -0.395 e. The Morgan fingerprint density at radius 1 is 1.21 bits per heavy atom. The Bertz CT molecular complexity index is 361. The topological polar surface area (TPSA) is 61.5 Å². The van der Waals surface area contributed by atoms with Crippen molar-refractivity contribution in [3.8, 4) is 0 Å². The smallest absolute Gasteiger partial charge is 0.0556 e. The van der Waals surface area contributed by atoms with E-state index in [4.69, 9.17) is 10.8 Å². The van der Waals surface area contributed by atoms with Gasteiger partial charge in [0.25, 0.3) is 0 Å². The Morgan fingerprint density at radius 3 is 2.47 bits per heavy atom. The van der Waals surface area contributed by atoms with Gasteiger partial charge in [0.2, 0.25) is 0 Å². The monoisotopic (exact) mass is 263 g/mol. The maximum atomic E-state index is 8.94. The Labute approximate surface area is 115 Å². The van der Waals surface area contributed by atoms with Gasteiger partial charge in [-0.25, -0.2) is 0 Å². The summed E-state index contributed by atoms with van der Waals surface area (Å²) in [5.41, 5.74) is 7.30. The fourth-order valence-electron chi connectivity index (χ4n) is 2.75. The Balaban J connectivity index is 1.84. The first-order valence-electron chi connectivity index (χ1n) is 7.10. The van der Waals surface area contributed by atoms with Crippen molar-refractivity contribution >= 4 is 0 Å². The van der Waals surface area contributed by atoms with Crippen LogP contribution >= 0.6 is 0 Å². The predicted octanol–water partition coefficient (Wildman–Crippen LogP) is 0.562. The van der Waals surface area contributed by atoms with E-state index in [1.165, 1.54) is 5.56 Å². The highest BCUT2D eigenvalue weighted by atomic mass is 16.3. The number of β-amino-alcohol motifs (C(OH)–C–C–N with tert-alkyl or cyclic N) is 1. The number of hydrogen-bond donors (Lipinski definition) is 3. The molecular formula is C15H25N3O. The number of nitrogens with two attached hydrogens (primary N) is 1. The number of piperidine rings is 1. The third-order valence-electron chi connectivity index (χ3n) is 4.06. The lowest BCUT2D eigenvalue weighted by Gasteiger charge is -2.42. The molecule has 0 unspecified atom stereocenters. The van der Waals surface area contributed by atoms with Crippen LogP contribution in [0.1, 0.15) is 18.4 Å². The van der Waals surface area contributed by atoms with Crippen LogP contribution in [-0.4, -0.2) is 48.3 Å². The zero-order valence-electron chi connectivity index (χ0n) is 11.5. The van der Waals surface area contributed by atoms with Crippen LogP contribution in [0.3, 0.4) is 0 Å². The molecule has 1 aliphatic rings. The summed E-state index contributed by atoms with van der Waals surface area (Å²) in [5, 5.41) is 12.4. The van der Waals surface area contributed by atoms with Crippen LogP contribution in [0.15, 0.2) is 30.3 Å². The second-order valence-electron chi connectivity index (χ2n) is 5.40. The van der Waals surface area contributed by atoms with Gasteiger partial charge in [0.15, 0.2) is 0 Å². The molecule has 0 aromatic heterocycles. The molecule has 0 bridgehead atoms. The second kappa shape index (κ2) is 7.01. The van der Waals surface area contributed by atoms with E-state index in [-0.39, 0.29) is 12.1 Å². The molecule has 0 aliphatic carbocycles. The van der Waals surface area contributed by atoms with Gasteiger partial charge in [-0.3, -0.25) is 4.90 Å². The van der Waals surface area contributed by atoms with Crippen LogP contribution in [0.5, 0.6) is 0 Å². The van der Waals surface area contributed by atoms with Crippen molar-refractivity contribution in [2.45, 2.75) is 24.9 Å². The van der Waals surface area contributed by atoms with Crippen LogP contribution in [-0.2, 0) is 6.54 Å². The van der Waals surface area contributed by atoms with E-state index in [0.29, 0.717) is 13.1 Å². The van der Waals surface area contributed by atoms with Crippen molar-refractivity contribution in [3.63, 3.8) is 0 Å². The van der Waals surface area contributed by atoms with Crippen LogP contribution in [0.4, 0.5) is 0 Å². The summed E-state index contributed by atoms with van der Waals surface area (Å²) in [6.45, 7) is 4.59. The molecule has 0 atom stereocenters. The minimum atomic E-state index is 0.0237. The van der Waals surface area contributed by atoms with Crippen molar-refractivity contribution < 1.29 is 5.11 Å². The van der Waals surface area contributed by atoms with E-state index >= 15 is 0 Å². The van der Waals surface area contributed by atoms with E-state index in [2.05, 4.69) is 40.5 Å². The zero-order valence-corrected chi connectivity index (χ0v) is 11.5. The Morgan fingerprint density at radius 2 is 1.89 bits per heavy atom. The van der Waals surface area contributed by atoms with Crippen LogP contribution in [0.2, 0.25) is 0 Å². The SMILES string of the molecule is NCC1(NCCO)CCN(Cc2ccccc2)CC1. The first-order chi connectivity index (χ1) is 9.28. The second-order valence-corrected chi connectivity index (χ2v) is 5.40. The first kappa shape index (κ1) is 14.5. The normalized spacial score (nSPS) is 19.5. The molecule has 0 spiro atoms. The van der Waals surface area contributed by atoms with Crippen LogP contribution in [0.25, 0.3) is 0 Å². The van der Waals surface area contributed by atoms with Crippen molar-refractivity contribution in [3.05, 3.63) is 35.9 Å². The molecule has 1 fully saturated rings. The molecule has 19 heavy (non-hydrogen) atoms. The van der Waals surface area contributed by atoms with Gasteiger partial charge in [-0.2, -0.15) is 0 Å². The lowest BCUT2D eigenvalue weighted by atomic mass is 9.87. The van der Waals surface area contributed by atoms with Crippen molar-refractivity contribution in [2.75, 3.05) is 32.8 Å². The Kier molecular flexibility index (Phi) is 5.34. The lowest BCUT2D eigenvalue weighted by molar-refractivity contribution is 0.127. The van der Waals surface area contributed by atoms with Crippen molar-refractivity contribution in [1.82, 2.24) is 10.2 Å². The quantitative estimate of drug-likeness (QED) is 0.702. The molecule has 0 amide bonds. The maximum Gasteiger partial charge on any atom is 0.0556 e. The number of nitrogens with one attached hydrogen (secondary N) is 1. The summed E-state index contributed by atoms with van der Waals surface area (Å²) in [7, 11) is 0. The fourth-order valence-corrected chi connectivity index (χ4v) is 2.75. The molecule has 1 aromatic rings. The van der Waals surface area contributed by atoms with E-state index in [1.54, 1.807) is 0 Å². The molecule has 2 rings (SSSR count). The highest BCUT2D eigenvalue weighted by Gasteiger charge is 2.32. The highest BCUT2D eigenvalue weighted by Crippen LogP contribution is 2.22. The standard InChI is InChI=1S/C15H25N3O/c16-13-15(17-8-11-19)6-9-18(10-7-15)12-14-4-2-1-3-5-14/h1-5,17,19H,6-13,16H2. The van der Waals surface area contributed by atoms with Gasteiger partial charge in [-0.05, 0) is 18.4 Å². The van der Waals surface area contributed by atoms with Crippen LogP contribution < -0.4 is 11.1 Å². The molecular weight excluding hydrogens is 238 g/mol. The lowest BCUT2D eigenvalue weighted by Crippen LogP contribution is -2.58. The molecule has 1 aromatic carbocycles. The van der Waals surface area contributed by atoms with Crippen molar-refractivity contribution in [2.24, 2.45) is 5.73 Å². The maximum absolute atomic E-state index is 8.94. The number of aliphatic hydroxyl groups excluding tert-OH is 1. The van der Waals surface area contributed by atoms with Gasteiger partial charge in [-0.1, -0.05) is 30.3 Å². The number of aliphatic hydroxyl groups is 1. The molecule has 1 aliphatic heterocycles. The zero-order chi connectivity index (χ0) is 13.6. The third-order valence-corrected chi connectivity index (χ3v) is 4.06. The molecule has 4 nitrogen and oxygen atoms in total. The number of benzene rings is 1. The van der Waals surface area contributed by atoms with Gasteiger partial charge in [0.1, 0.15) is 0 Å². The third kappa shape index (κ3) is 4.01. The molecule has 0 radical (unpaired) electrons. The number of hydrogen-bond acceptors (Lipinski definition) is 4. The average Bonchev–Trinajstić information content (AvgIpc) is 2.48. The van der Waals surface area contributed by atoms with Crippen molar-refractivity contribution in [1.29, 1.82) is 0 Å². The molecule has 0 saturated carbocycles. The van der Waals surface area contributed by atoms with E-state index in [0.717, 1.165) is 32.5 Å². The van der Waals surface area contributed by atoms with Gasteiger partial charge in [0.05, 0.1) is 6.61 Å². The summed E-state index contributed by atoms with van der Waals surface area (Å²) in [6, 6.07) is 10.6. The summed E-state index contributed by atoms with van der Waals surface area (Å²) >= 11 is 0. The summed E-state index contributed by atoms with van der Waals surface area (Å²) in [6.07, 6.45) is 2.10. The number of likely N-dealkylation sites (tertiary alicyclic amines) is 1.